The third-order valence-electron chi connectivity index (χ3n) is 5.99. The predicted molar refractivity (Wildman–Crippen MR) is 120 cm³/mol. The molecule has 1 aliphatic rings. The number of anilines is 2. The number of halogens is 3. The van der Waals surface area contributed by atoms with E-state index in [0.717, 1.165) is 24.7 Å². The molecule has 3 aromatic rings. The molecule has 1 N–H and O–H groups in total. The molecular formula is C23H26F3N5O2. The van der Waals surface area contributed by atoms with Crippen molar-refractivity contribution in [2.45, 2.75) is 38.8 Å². The first-order valence-corrected chi connectivity index (χ1v) is 10.7. The quantitative estimate of drug-likeness (QED) is 0.541. The molecule has 7 nitrogen and oxygen atoms in total. The van der Waals surface area contributed by atoms with Crippen LogP contribution >= 0.6 is 0 Å². The van der Waals surface area contributed by atoms with Gasteiger partial charge in [-0.1, -0.05) is 18.2 Å². The molecule has 176 valence electrons. The van der Waals surface area contributed by atoms with E-state index in [1.807, 2.05) is 6.07 Å². The largest absolute Gasteiger partial charge is 0.480 e. The summed E-state index contributed by atoms with van der Waals surface area (Å²) >= 11 is 0. The van der Waals surface area contributed by atoms with Crippen molar-refractivity contribution in [2.24, 2.45) is 0 Å². The molecule has 4 rings (SSSR count). The molecule has 2 atom stereocenters. The van der Waals surface area contributed by atoms with Crippen LogP contribution in [0.2, 0.25) is 0 Å². The minimum absolute atomic E-state index is 0.116. The van der Waals surface area contributed by atoms with Crippen LogP contribution in [0.25, 0.3) is 10.9 Å². The van der Waals surface area contributed by atoms with Crippen molar-refractivity contribution >= 4 is 22.4 Å². The van der Waals surface area contributed by atoms with Gasteiger partial charge in [0.15, 0.2) is 5.82 Å². The molecule has 1 aromatic carbocycles. The first-order valence-electron chi connectivity index (χ1n) is 10.7. The number of hydrogen-bond acceptors (Lipinski definition) is 7. The molecule has 10 heteroatoms. The number of aryl methyl sites for hydroxylation is 1. The number of methoxy groups -OCH3 is 2. The van der Waals surface area contributed by atoms with Crippen molar-refractivity contribution in [1.29, 1.82) is 0 Å². The van der Waals surface area contributed by atoms with Gasteiger partial charge in [0.25, 0.3) is 6.43 Å². The molecule has 1 saturated heterocycles. The number of hydrogen-bond donors (Lipinski definition) is 1. The lowest BCUT2D eigenvalue weighted by molar-refractivity contribution is 0.121. The minimum Gasteiger partial charge on any atom is -0.480 e. The van der Waals surface area contributed by atoms with Crippen molar-refractivity contribution in [2.75, 3.05) is 37.5 Å². The third kappa shape index (κ3) is 4.39. The highest BCUT2D eigenvalue weighted by Crippen LogP contribution is 2.36. The fourth-order valence-electron chi connectivity index (χ4n) is 4.15. The molecule has 0 amide bonds. The molecule has 0 unspecified atom stereocenters. The summed E-state index contributed by atoms with van der Waals surface area (Å²) in [6, 6.07) is 5.26. The van der Waals surface area contributed by atoms with E-state index >= 15 is 0 Å². The third-order valence-corrected chi connectivity index (χ3v) is 5.99. The molecule has 0 radical (unpaired) electrons. The Morgan fingerprint density at radius 1 is 1.18 bits per heavy atom. The smallest absolute Gasteiger partial charge is 0.266 e. The zero-order valence-electron chi connectivity index (χ0n) is 18.9. The Morgan fingerprint density at radius 3 is 2.61 bits per heavy atom. The summed E-state index contributed by atoms with van der Waals surface area (Å²) in [5.74, 6) is -0.0890. The summed E-state index contributed by atoms with van der Waals surface area (Å²) in [6.07, 6.45) is -1.90. The summed E-state index contributed by atoms with van der Waals surface area (Å²) in [6.45, 7) is 4.95. The zero-order valence-corrected chi connectivity index (χ0v) is 18.9. The molecule has 33 heavy (non-hydrogen) atoms. The summed E-state index contributed by atoms with van der Waals surface area (Å²) in [4.78, 5) is 6.80. The van der Waals surface area contributed by atoms with E-state index in [2.05, 4.69) is 25.4 Å². The van der Waals surface area contributed by atoms with Gasteiger partial charge in [-0.2, -0.15) is 5.10 Å². The Hall–Kier alpha value is -3.14. The topological polar surface area (TPSA) is 72.4 Å². The molecule has 0 saturated carbocycles. The van der Waals surface area contributed by atoms with Crippen LogP contribution in [-0.4, -0.2) is 48.6 Å². The minimum atomic E-state index is -2.90. The molecule has 0 bridgehead atoms. The van der Waals surface area contributed by atoms with Gasteiger partial charge < -0.3 is 19.7 Å². The van der Waals surface area contributed by atoms with Gasteiger partial charge in [0, 0.05) is 31.1 Å². The van der Waals surface area contributed by atoms with E-state index in [0.29, 0.717) is 34.8 Å². The highest BCUT2D eigenvalue weighted by atomic mass is 19.3. The number of alkyl halides is 2. The number of ether oxygens (including phenoxy) is 2. The van der Waals surface area contributed by atoms with Gasteiger partial charge in [0.05, 0.1) is 30.5 Å². The fraction of sp³-hybridized carbons (Fsp3) is 0.435. The van der Waals surface area contributed by atoms with Gasteiger partial charge in [-0.05, 0) is 26.3 Å². The number of aromatic nitrogens is 3. The van der Waals surface area contributed by atoms with E-state index in [4.69, 9.17) is 9.47 Å². The zero-order chi connectivity index (χ0) is 23.7. The number of nitrogens with zero attached hydrogens (tertiary/aromatic N) is 4. The number of benzene rings is 1. The highest BCUT2D eigenvalue weighted by Gasteiger charge is 2.27. The van der Waals surface area contributed by atoms with E-state index in [-0.39, 0.29) is 11.7 Å². The second kappa shape index (κ2) is 9.38. The lowest BCUT2D eigenvalue weighted by atomic mass is 10.0. The van der Waals surface area contributed by atoms with Crippen molar-refractivity contribution in [3.05, 3.63) is 46.9 Å². The maximum Gasteiger partial charge on any atom is 0.266 e. The molecule has 1 aliphatic heterocycles. The summed E-state index contributed by atoms with van der Waals surface area (Å²) in [7, 11) is 3.25. The van der Waals surface area contributed by atoms with Crippen LogP contribution in [0.1, 0.15) is 42.6 Å². The molecule has 0 spiro atoms. The number of rotatable bonds is 7. The Bertz CT molecular complexity index is 1160. The average molecular weight is 461 g/mol. The number of pyridine rings is 1. The predicted octanol–water partition coefficient (Wildman–Crippen LogP) is 4.82. The molecular weight excluding hydrogens is 435 g/mol. The lowest BCUT2D eigenvalue weighted by Crippen LogP contribution is -2.23. The summed E-state index contributed by atoms with van der Waals surface area (Å²) in [5.41, 5.74) is 1.47. The van der Waals surface area contributed by atoms with E-state index in [9.17, 15) is 13.2 Å². The van der Waals surface area contributed by atoms with Gasteiger partial charge in [-0.25, -0.2) is 18.2 Å². The lowest BCUT2D eigenvalue weighted by Gasteiger charge is -2.22. The van der Waals surface area contributed by atoms with Crippen LogP contribution in [0.3, 0.4) is 0 Å². The Balaban J connectivity index is 1.75. The molecule has 1 fully saturated rings. The Kier molecular flexibility index (Phi) is 6.55. The Morgan fingerprint density at radius 2 is 1.94 bits per heavy atom. The second-order valence-electron chi connectivity index (χ2n) is 8.06. The first kappa shape index (κ1) is 23.0. The van der Waals surface area contributed by atoms with Crippen molar-refractivity contribution in [1.82, 2.24) is 15.2 Å². The average Bonchev–Trinajstić information content (AvgIpc) is 3.29. The Labute approximate surface area is 189 Å². The van der Waals surface area contributed by atoms with Gasteiger partial charge in [0.2, 0.25) is 5.88 Å². The van der Waals surface area contributed by atoms with Crippen LogP contribution in [0, 0.1) is 12.7 Å². The normalized spacial score (nSPS) is 17.1. The van der Waals surface area contributed by atoms with Crippen LogP contribution < -0.4 is 15.0 Å². The molecule has 3 heterocycles. The molecule has 2 aromatic heterocycles. The van der Waals surface area contributed by atoms with Gasteiger partial charge in [0.1, 0.15) is 17.0 Å². The number of fused-ring (bicyclic) bond motifs is 1. The van der Waals surface area contributed by atoms with Crippen LogP contribution in [-0.2, 0) is 4.74 Å². The second-order valence-corrected chi connectivity index (χ2v) is 8.06. The number of nitrogens with one attached hydrogen (secondary N) is 1. The maximum atomic E-state index is 14.7. The van der Waals surface area contributed by atoms with Crippen molar-refractivity contribution < 1.29 is 22.6 Å². The first-order chi connectivity index (χ1) is 15.8. The van der Waals surface area contributed by atoms with Gasteiger partial charge in [-0.15, -0.1) is 5.10 Å². The van der Waals surface area contributed by atoms with E-state index in [1.165, 1.54) is 12.1 Å². The van der Waals surface area contributed by atoms with Gasteiger partial charge in [-0.3, -0.25) is 0 Å². The molecule has 0 aliphatic carbocycles. The summed E-state index contributed by atoms with van der Waals surface area (Å²) in [5, 5.41) is 12.2. The van der Waals surface area contributed by atoms with Crippen LogP contribution in [0.15, 0.2) is 24.3 Å². The van der Waals surface area contributed by atoms with Crippen molar-refractivity contribution in [3.8, 4) is 5.88 Å². The summed E-state index contributed by atoms with van der Waals surface area (Å²) < 4.78 is 52.0. The van der Waals surface area contributed by atoms with E-state index in [1.54, 1.807) is 28.1 Å². The monoisotopic (exact) mass is 461 g/mol. The van der Waals surface area contributed by atoms with Crippen LogP contribution in [0.5, 0.6) is 5.88 Å². The highest BCUT2D eigenvalue weighted by molar-refractivity contribution is 5.93. The van der Waals surface area contributed by atoms with Crippen molar-refractivity contribution in [3.63, 3.8) is 0 Å². The fourth-order valence-corrected chi connectivity index (χ4v) is 4.15. The standard InChI is InChI=1S/C23H26F3N5O2/c1-12(15-6-5-7-16(19(15)24)21(25)26)27-22-17-10-18(31-9-8-14(11-31)32-3)23(33-4)28-20(17)13(2)29-30-22/h5-7,10,12,14,21H,8-9,11H2,1-4H3,(H,27,30)/t12-,14+/m1/s1. The SMILES string of the molecule is COc1nc2c(C)nnc(N[C@H](C)c3cccc(C(F)F)c3F)c2cc1N1CC[C@H](OC)C1. The van der Waals surface area contributed by atoms with E-state index < -0.39 is 23.8 Å². The van der Waals surface area contributed by atoms with Crippen LogP contribution in [0.4, 0.5) is 24.7 Å². The maximum absolute atomic E-state index is 14.7. The van der Waals surface area contributed by atoms with Gasteiger partial charge >= 0.3 is 0 Å².